The van der Waals surface area contributed by atoms with Crippen molar-refractivity contribution in [3.63, 3.8) is 0 Å². The maximum atomic E-state index is 13.4. The van der Waals surface area contributed by atoms with Crippen LogP contribution in [0.1, 0.15) is 207 Å². The number of allylic oxidation sites excluding steroid dienone is 15. The Morgan fingerprint density at radius 2 is 0.956 bits per heavy atom. The highest BCUT2D eigenvalue weighted by Crippen LogP contribution is 2.38. The number of nitrogens with zero attached hydrogens (tertiary/aromatic N) is 1. The van der Waals surface area contributed by atoms with E-state index in [9.17, 15) is 19.0 Å². The topological polar surface area (TPSA) is 114 Å². The van der Waals surface area contributed by atoms with Gasteiger partial charge in [0.25, 0.3) is 7.82 Å². The fourth-order valence-corrected chi connectivity index (χ4v) is 7.85. The number of quaternary nitrogens is 1. The predicted molar refractivity (Wildman–Crippen MR) is 288 cm³/mol. The summed E-state index contributed by atoms with van der Waals surface area (Å²) >= 11 is 0. The number of hydrogen-bond donors (Lipinski definition) is 1. The second-order valence-electron chi connectivity index (χ2n) is 19.0. The maximum Gasteiger partial charge on any atom is 0.306 e. The zero-order valence-corrected chi connectivity index (χ0v) is 45.2. The van der Waals surface area contributed by atoms with Gasteiger partial charge in [0.1, 0.15) is 19.3 Å². The van der Waals surface area contributed by atoms with Crippen LogP contribution in [0.2, 0.25) is 0 Å². The molecule has 0 aromatic rings. The molecule has 1 amide bonds. The smallest absolute Gasteiger partial charge is 0.306 e. The molecule has 0 bridgehead atoms. The van der Waals surface area contributed by atoms with Gasteiger partial charge in [0.05, 0.1) is 33.8 Å². The predicted octanol–water partition coefficient (Wildman–Crippen LogP) is 15.4. The molecule has 0 saturated carbocycles. The van der Waals surface area contributed by atoms with Crippen LogP contribution in [0.5, 0.6) is 0 Å². The first-order chi connectivity index (χ1) is 32.9. The van der Waals surface area contributed by atoms with E-state index in [1.807, 2.05) is 27.2 Å². The molecule has 0 aliphatic carbocycles. The van der Waals surface area contributed by atoms with Crippen LogP contribution in [-0.4, -0.2) is 69.4 Å². The highest BCUT2D eigenvalue weighted by Gasteiger charge is 2.27. The van der Waals surface area contributed by atoms with Crippen molar-refractivity contribution in [2.45, 2.75) is 219 Å². The first-order valence-corrected chi connectivity index (χ1v) is 28.5. The molecule has 68 heavy (non-hydrogen) atoms. The van der Waals surface area contributed by atoms with Gasteiger partial charge in [-0.1, -0.05) is 195 Å². The third-order valence-electron chi connectivity index (χ3n) is 11.3. The van der Waals surface area contributed by atoms with Gasteiger partial charge in [-0.25, -0.2) is 0 Å². The molecule has 3 unspecified atom stereocenters. The Labute approximate surface area is 418 Å². The molecule has 10 heteroatoms. The average Bonchev–Trinajstić information content (AvgIpc) is 3.29. The normalized spacial score (nSPS) is 14.6. The van der Waals surface area contributed by atoms with Crippen LogP contribution in [0.25, 0.3) is 0 Å². The molecule has 0 fully saturated rings. The third-order valence-corrected chi connectivity index (χ3v) is 12.2. The molecule has 0 aromatic carbocycles. The van der Waals surface area contributed by atoms with Gasteiger partial charge in [-0.15, -0.1) is 0 Å². The Morgan fingerprint density at radius 1 is 0.529 bits per heavy atom. The highest BCUT2D eigenvalue weighted by molar-refractivity contribution is 7.45. The number of ether oxygens (including phenoxy) is 1. The third kappa shape index (κ3) is 48.0. The van der Waals surface area contributed by atoms with E-state index in [4.69, 9.17) is 13.8 Å². The Balaban J connectivity index is 5.48. The van der Waals surface area contributed by atoms with Gasteiger partial charge in [-0.3, -0.25) is 14.2 Å². The van der Waals surface area contributed by atoms with E-state index in [0.717, 1.165) is 103 Å². The Morgan fingerprint density at radius 3 is 1.44 bits per heavy atom. The van der Waals surface area contributed by atoms with E-state index in [2.05, 4.69) is 111 Å². The SMILES string of the molecule is CC/C=C\C/C=C\C/C=C\C/C=C\C/C=C\CCCC(=O)OC(/C=C/CCCCCCCCCCC)C(COP(=O)([O-])OCC[N+](C)(C)C)NC(=O)CCCCCCCCC/C=C/C/C=C/CC. The van der Waals surface area contributed by atoms with Gasteiger partial charge in [0.15, 0.2) is 0 Å². The Hall–Kier alpha value is -3.07. The molecule has 9 nitrogen and oxygen atoms in total. The molecule has 0 aliphatic rings. The van der Waals surface area contributed by atoms with Gasteiger partial charge in [0.2, 0.25) is 5.91 Å². The summed E-state index contributed by atoms with van der Waals surface area (Å²) in [7, 11) is 1.13. The summed E-state index contributed by atoms with van der Waals surface area (Å²) in [5.74, 6) is -0.628. The second-order valence-corrected chi connectivity index (χ2v) is 20.4. The van der Waals surface area contributed by atoms with Crippen molar-refractivity contribution in [3.05, 3.63) is 97.2 Å². The number of unbranched alkanes of at least 4 members (excludes halogenated alkanes) is 17. The summed E-state index contributed by atoms with van der Waals surface area (Å²) in [6, 6.07) is -0.919. The highest BCUT2D eigenvalue weighted by atomic mass is 31.2. The zero-order valence-electron chi connectivity index (χ0n) is 44.3. The molecule has 0 heterocycles. The van der Waals surface area contributed by atoms with Crippen molar-refractivity contribution in [1.82, 2.24) is 5.32 Å². The van der Waals surface area contributed by atoms with E-state index >= 15 is 0 Å². The van der Waals surface area contributed by atoms with E-state index in [1.165, 1.54) is 64.2 Å². The summed E-state index contributed by atoms with van der Waals surface area (Å²) in [4.78, 5) is 39.7. The standard InChI is InChI=1S/C58H101N2O7P/c1-7-10-13-16-19-22-25-27-29-30-31-33-36-39-42-45-48-51-58(62)67-56(49-46-43-40-37-34-24-21-18-15-12-9-3)55(54-66-68(63,64)65-53-52-60(4,5)6)59-57(61)50-47-44-41-38-35-32-28-26-23-20-17-14-11-8-2/h10-11,13-14,19-20,22-23,27,29,31,33,39,42,46,49,55-56H,7-9,12,15-18,21,24-26,28,30,32,34-38,40-41,43-45,47-48,50-54H2,1-6H3,(H-,59,61,63,64)/b13-10-,14-11+,22-19-,23-20+,29-27-,33-31-,42-39-,49-46+. The van der Waals surface area contributed by atoms with E-state index in [-0.39, 0.29) is 18.9 Å². The summed E-state index contributed by atoms with van der Waals surface area (Å²) in [6.07, 6.45) is 62.4. The quantitative estimate of drug-likeness (QED) is 0.0212. The van der Waals surface area contributed by atoms with Crippen LogP contribution >= 0.6 is 7.82 Å². The van der Waals surface area contributed by atoms with Gasteiger partial charge in [-0.2, -0.15) is 0 Å². The Bertz CT molecular complexity index is 1490. The summed E-state index contributed by atoms with van der Waals surface area (Å²) in [5.41, 5.74) is 0. The van der Waals surface area contributed by atoms with E-state index < -0.39 is 32.5 Å². The molecule has 0 spiro atoms. The summed E-state index contributed by atoms with van der Waals surface area (Å²) in [6.45, 7) is 6.54. The summed E-state index contributed by atoms with van der Waals surface area (Å²) in [5, 5.41) is 2.99. The molecular weight excluding hydrogens is 868 g/mol. The van der Waals surface area contributed by atoms with Gasteiger partial charge >= 0.3 is 5.97 Å². The van der Waals surface area contributed by atoms with Crippen LogP contribution in [0.15, 0.2) is 97.2 Å². The largest absolute Gasteiger partial charge is 0.756 e. The number of amides is 1. The first-order valence-electron chi connectivity index (χ1n) is 27.0. The molecule has 0 aromatic heterocycles. The van der Waals surface area contributed by atoms with Gasteiger partial charge < -0.3 is 28.5 Å². The van der Waals surface area contributed by atoms with Crippen molar-refractivity contribution in [3.8, 4) is 0 Å². The first kappa shape index (κ1) is 64.9. The second kappa shape index (κ2) is 47.6. The number of carbonyl (C=O) groups excluding carboxylic acids is 2. The van der Waals surface area contributed by atoms with Gasteiger partial charge in [0, 0.05) is 12.8 Å². The lowest BCUT2D eigenvalue weighted by Gasteiger charge is -2.30. The fraction of sp³-hybridized carbons (Fsp3) is 0.690. The van der Waals surface area contributed by atoms with Crippen molar-refractivity contribution in [1.29, 1.82) is 0 Å². The minimum atomic E-state index is -4.71. The average molecular weight is 969 g/mol. The van der Waals surface area contributed by atoms with Crippen molar-refractivity contribution in [2.75, 3.05) is 40.9 Å². The zero-order chi connectivity index (χ0) is 50.1. The van der Waals surface area contributed by atoms with Crippen LogP contribution in [-0.2, 0) is 27.9 Å². The summed E-state index contributed by atoms with van der Waals surface area (Å²) < 4.78 is 30.1. The number of rotatable bonds is 47. The molecule has 0 saturated heterocycles. The monoisotopic (exact) mass is 969 g/mol. The molecule has 0 rings (SSSR count). The van der Waals surface area contributed by atoms with E-state index in [0.29, 0.717) is 23.9 Å². The van der Waals surface area contributed by atoms with Crippen molar-refractivity contribution < 1.29 is 37.3 Å². The van der Waals surface area contributed by atoms with Crippen molar-refractivity contribution in [2.24, 2.45) is 0 Å². The Kier molecular flexibility index (Phi) is 45.5. The number of phosphoric acid groups is 1. The number of carbonyl (C=O) groups is 2. The molecule has 3 atom stereocenters. The van der Waals surface area contributed by atoms with Crippen LogP contribution < -0.4 is 10.2 Å². The number of esters is 1. The molecule has 390 valence electrons. The van der Waals surface area contributed by atoms with Crippen LogP contribution in [0, 0.1) is 0 Å². The fourth-order valence-electron chi connectivity index (χ4n) is 7.12. The van der Waals surface area contributed by atoms with Crippen molar-refractivity contribution >= 4 is 19.7 Å². The molecule has 1 N–H and O–H groups in total. The van der Waals surface area contributed by atoms with Gasteiger partial charge in [-0.05, 0) is 96.0 Å². The van der Waals surface area contributed by atoms with E-state index in [1.54, 1.807) is 6.08 Å². The lowest BCUT2D eigenvalue weighted by Crippen LogP contribution is -2.47. The maximum absolute atomic E-state index is 13.4. The number of likely N-dealkylation sites (N-methyl/N-ethyl adjacent to an activating group) is 1. The minimum absolute atomic E-state index is 0.0375. The number of phosphoric ester groups is 1. The lowest BCUT2D eigenvalue weighted by atomic mass is 10.1. The molecule has 0 radical (unpaired) electrons. The van der Waals surface area contributed by atoms with Crippen LogP contribution in [0.4, 0.5) is 0 Å². The number of nitrogens with one attached hydrogen (secondary N) is 1. The molecular formula is C58H101N2O7P. The lowest BCUT2D eigenvalue weighted by molar-refractivity contribution is -0.870. The number of hydrogen-bond acceptors (Lipinski definition) is 7. The molecule has 0 aliphatic heterocycles. The van der Waals surface area contributed by atoms with Crippen LogP contribution in [0.3, 0.4) is 0 Å². The minimum Gasteiger partial charge on any atom is -0.756 e.